The Morgan fingerprint density at radius 2 is 1.50 bits per heavy atom. The van der Waals surface area contributed by atoms with Gasteiger partial charge in [-0.1, -0.05) is 72.8 Å². The lowest BCUT2D eigenvalue weighted by Crippen LogP contribution is -2.43. The van der Waals surface area contributed by atoms with Crippen LogP contribution >= 0.6 is 0 Å². The van der Waals surface area contributed by atoms with Crippen molar-refractivity contribution in [3.05, 3.63) is 126 Å². The van der Waals surface area contributed by atoms with Crippen molar-refractivity contribution >= 4 is 11.8 Å². The van der Waals surface area contributed by atoms with E-state index in [-0.39, 0.29) is 24.8 Å². The summed E-state index contributed by atoms with van der Waals surface area (Å²) in [6, 6.07) is 27.3. The van der Waals surface area contributed by atoms with Crippen LogP contribution in [0.15, 0.2) is 103 Å². The van der Waals surface area contributed by atoms with Crippen molar-refractivity contribution in [1.29, 1.82) is 0 Å². The van der Waals surface area contributed by atoms with Crippen LogP contribution in [0, 0.1) is 0 Å². The van der Waals surface area contributed by atoms with Gasteiger partial charge in [-0.05, 0) is 40.5 Å². The van der Waals surface area contributed by atoms with Crippen molar-refractivity contribution in [3.8, 4) is 11.5 Å². The molecule has 4 rings (SSSR count). The molecular weight excluding hydrogens is 478 g/mol. The van der Waals surface area contributed by atoms with E-state index in [1.54, 1.807) is 43.6 Å². The predicted molar refractivity (Wildman–Crippen MR) is 146 cm³/mol. The van der Waals surface area contributed by atoms with Crippen LogP contribution in [0.2, 0.25) is 0 Å². The average molecular weight is 510 g/mol. The number of nitrogens with one attached hydrogen (secondary N) is 1. The number of carbonyl (C=O) groups excluding carboxylic acids is 2. The Hall–Kier alpha value is -4.65. The van der Waals surface area contributed by atoms with Gasteiger partial charge in [-0.15, -0.1) is 0 Å². The average Bonchev–Trinajstić information content (AvgIpc) is 2.97. The number of hydrogen-bond donors (Lipinski definition) is 1. The summed E-state index contributed by atoms with van der Waals surface area (Å²) in [5.74, 6) is 0.672. The van der Waals surface area contributed by atoms with E-state index in [1.807, 2.05) is 78.9 Å². The molecule has 1 N–H and O–H groups in total. The van der Waals surface area contributed by atoms with Gasteiger partial charge in [0.25, 0.3) is 0 Å². The zero-order chi connectivity index (χ0) is 26.7. The highest BCUT2D eigenvalue weighted by Crippen LogP contribution is 2.29. The van der Waals surface area contributed by atoms with Crippen LogP contribution in [-0.4, -0.2) is 35.9 Å². The fourth-order valence-corrected chi connectivity index (χ4v) is 4.27. The fraction of sp³-hybridized carbons (Fsp3) is 0.194. The molecule has 0 saturated heterocycles. The molecule has 0 radical (unpaired) electrons. The summed E-state index contributed by atoms with van der Waals surface area (Å²) in [6.07, 6.45) is 3.49. The van der Waals surface area contributed by atoms with Crippen LogP contribution in [0.25, 0.3) is 0 Å². The van der Waals surface area contributed by atoms with Gasteiger partial charge in [0.15, 0.2) is 11.5 Å². The summed E-state index contributed by atoms with van der Waals surface area (Å²) in [5, 5.41) is 3.01. The Kier molecular flexibility index (Phi) is 9.07. The van der Waals surface area contributed by atoms with Crippen LogP contribution in [0.5, 0.6) is 11.5 Å². The van der Waals surface area contributed by atoms with Crippen LogP contribution < -0.4 is 14.8 Å². The molecule has 0 saturated carbocycles. The summed E-state index contributed by atoms with van der Waals surface area (Å²) in [4.78, 5) is 33.4. The molecule has 0 fully saturated rings. The van der Waals surface area contributed by atoms with Crippen LogP contribution in [0.1, 0.15) is 28.3 Å². The molecule has 2 amide bonds. The van der Waals surface area contributed by atoms with E-state index in [9.17, 15) is 9.59 Å². The number of benzene rings is 3. The molecule has 194 valence electrons. The molecule has 38 heavy (non-hydrogen) atoms. The van der Waals surface area contributed by atoms with E-state index in [2.05, 4.69) is 10.3 Å². The molecule has 4 aromatic rings. The van der Waals surface area contributed by atoms with Gasteiger partial charge in [-0.2, -0.15) is 0 Å². The molecule has 7 heteroatoms. The first-order chi connectivity index (χ1) is 18.6. The first kappa shape index (κ1) is 26.4. The van der Waals surface area contributed by atoms with Gasteiger partial charge in [0, 0.05) is 25.5 Å². The van der Waals surface area contributed by atoms with Crippen LogP contribution in [0.4, 0.5) is 0 Å². The highest BCUT2D eigenvalue weighted by molar-refractivity contribution is 5.89. The molecule has 7 nitrogen and oxygen atoms in total. The number of nitrogens with zero attached hydrogens (tertiary/aromatic N) is 2. The molecule has 3 aromatic carbocycles. The molecular formula is C31H31N3O4. The molecule has 0 unspecified atom stereocenters. The maximum atomic E-state index is 13.9. The topological polar surface area (TPSA) is 80.8 Å². The number of hydrogen-bond acceptors (Lipinski definition) is 5. The first-order valence-corrected chi connectivity index (χ1v) is 12.3. The van der Waals surface area contributed by atoms with Crippen molar-refractivity contribution in [2.24, 2.45) is 0 Å². The van der Waals surface area contributed by atoms with E-state index in [0.29, 0.717) is 18.0 Å². The third kappa shape index (κ3) is 6.76. The minimum atomic E-state index is -0.833. The SMILES string of the molecule is COc1ccc(CC(=O)N(Cc2ccccc2)[C@H](C(=O)NCc2cccnc2)c2ccccc2)cc1OC. The van der Waals surface area contributed by atoms with Crippen molar-refractivity contribution in [2.75, 3.05) is 14.2 Å². The minimum Gasteiger partial charge on any atom is -0.493 e. The highest BCUT2D eigenvalue weighted by Gasteiger charge is 2.31. The molecule has 0 bridgehead atoms. The van der Waals surface area contributed by atoms with E-state index in [4.69, 9.17) is 9.47 Å². The largest absolute Gasteiger partial charge is 0.493 e. The van der Waals surface area contributed by atoms with Crippen molar-refractivity contribution in [3.63, 3.8) is 0 Å². The number of aromatic nitrogens is 1. The van der Waals surface area contributed by atoms with Gasteiger partial charge < -0.3 is 19.7 Å². The third-order valence-corrected chi connectivity index (χ3v) is 6.18. The smallest absolute Gasteiger partial charge is 0.247 e. The molecule has 0 aliphatic heterocycles. The predicted octanol–water partition coefficient (Wildman–Crippen LogP) is 4.73. The summed E-state index contributed by atoms with van der Waals surface area (Å²) < 4.78 is 10.8. The van der Waals surface area contributed by atoms with Gasteiger partial charge in [0.05, 0.1) is 20.6 Å². The van der Waals surface area contributed by atoms with E-state index < -0.39 is 6.04 Å². The summed E-state index contributed by atoms with van der Waals surface area (Å²) >= 11 is 0. The third-order valence-electron chi connectivity index (χ3n) is 6.18. The molecule has 1 heterocycles. The zero-order valence-corrected chi connectivity index (χ0v) is 21.5. The van der Waals surface area contributed by atoms with E-state index >= 15 is 0 Å². The number of carbonyl (C=O) groups is 2. The summed E-state index contributed by atoms with van der Waals surface area (Å²) in [6.45, 7) is 0.575. The van der Waals surface area contributed by atoms with Crippen LogP contribution in [-0.2, 0) is 29.1 Å². The molecule has 0 aliphatic rings. The highest BCUT2D eigenvalue weighted by atomic mass is 16.5. The van der Waals surface area contributed by atoms with Crippen molar-refractivity contribution in [1.82, 2.24) is 15.2 Å². The quantitative estimate of drug-likeness (QED) is 0.316. The van der Waals surface area contributed by atoms with E-state index in [0.717, 1.165) is 22.3 Å². The first-order valence-electron chi connectivity index (χ1n) is 12.3. The fourth-order valence-electron chi connectivity index (χ4n) is 4.27. The van der Waals surface area contributed by atoms with Gasteiger partial charge in [-0.25, -0.2) is 0 Å². The Labute approximate surface area is 223 Å². The number of methoxy groups -OCH3 is 2. The lowest BCUT2D eigenvalue weighted by molar-refractivity contribution is -0.141. The lowest BCUT2D eigenvalue weighted by atomic mass is 10.0. The van der Waals surface area contributed by atoms with Crippen LogP contribution in [0.3, 0.4) is 0 Å². The van der Waals surface area contributed by atoms with Gasteiger partial charge in [0.2, 0.25) is 11.8 Å². The Balaban J connectivity index is 1.67. The zero-order valence-electron chi connectivity index (χ0n) is 21.5. The summed E-state index contributed by atoms with van der Waals surface area (Å²) in [5.41, 5.74) is 3.29. The van der Waals surface area contributed by atoms with E-state index in [1.165, 1.54) is 0 Å². The Bertz CT molecular complexity index is 1330. The summed E-state index contributed by atoms with van der Waals surface area (Å²) in [7, 11) is 3.13. The monoisotopic (exact) mass is 509 g/mol. The molecule has 0 spiro atoms. The maximum Gasteiger partial charge on any atom is 0.247 e. The maximum absolute atomic E-state index is 13.9. The van der Waals surface area contributed by atoms with Crippen molar-refractivity contribution < 1.29 is 19.1 Å². The van der Waals surface area contributed by atoms with Gasteiger partial charge in [-0.3, -0.25) is 14.6 Å². The second kappa shape index (κ2) is 13.1. The second-order valence-corrected chi connectivity index (χ2v) is 8.77. The molecule has 0 aliphatic carbocycles. The Morgan fingerprint density at radius 3 is 2.16 bits per heavy atom. The van der Waals surface area contributed by atoms with Gasteiger partial charge in [0.1, 0.15) is 6.04 Å². The number of amides is 2. The number of ether oxygens (including phenoxy) is 2. The van der Waals surface area contributed by atoms with Gasteiger partial charge >= 0.3 is 0 Å². The number of rotatable bonds is 11. The number of pyridine rings is 1. The normalized spacial score (nSPS) is 11.3. The minimum absolute atomic E-state index is 0.0897. The molecule has 1 aromatic heterocycles. The second-order valence-electron chi connectivity index (χ2n) is 8.77. The molecule has 1 atom stereocenters. The standard InChI is InChI=1S/C31H31N3O4/c1-37-27-16-15-24(18-28(27)38-2)19-29(35)34(22-23-10-5-3-6-11-23)30(26-13-7-4-8-14-26)31(36)33-21-25-12-9-17-32-20-25/h3-18,20,30H,19,21-22H2,1-2H3,(H,33,36)/t30-/m0/s1. The Morgan fingerprint density at radius 1 is 0.816 bits per heavy atom. The van der Waals surface area contributed by atoms with Crippen molar-refractivity contribution in [2.45, 2.75) is 25.6 Å². The lowest BCUT2D eigenvalue weighted by Gasteiger charge is -2.32.